The first kappa shape index (κ1) is 27.6. The maximum atomic E-state index is 11.6. The predicted octanol–water partition coefficient (Wildman–Crippen LogP) is 6.46. The van der Waals surface area contributed by atoms with Crippen molar-refractivity contribution in [1.29, 1.82) is 0 Å². The van der Waals surface area contributed by atoms with Gasteiger partial charge in [-0.05, 0) is 50.5 Å². The highest BCUT2D eigenvalue weighted by molar-refractivity contribution is 6.99. The zero-order chi connectivity index (χ0) is 27.0. The van der Waals surface area contributed by atoms with Gasteiger partial charge < -0.3 is 9.16 Å². The van der Waals surface area contributed by atoms with Gasteiger partial charge in [0.1, 0.15) is 0 Å². The molecule has 0 N–H and O–H groups in total. The predicted molar refractivity (Wildman–Crippen MR) is 158 cm³/mol. The summed E-state index contributed by atoms with van der Waals surface area (Å²) in [7, 11) is -1.19. The van der Waals surface area contributed by atoms with Crippen molar-refractivity contribution in [1.82, 2.24) is 0 Å². The molecule has 0 aliphatic rings. The summed E-state index contributed by atoms with van der Waals surface area (Å²) in [4.78, 5) is 11.6. The van der Waals surface area contributed by atoms with Gasteiger partial charge in [-0.25, -0.2) is 0 Å². The highest BCUT2D eigenvalue weighted by atomic mass is 28.4. The van der Waals surface area contributed by atoms with Crippen molar-refractivity contribution in [2.45, 2.75) is 51.7 Å². The van der Waals surface area contributed by atoms with Crippen LogP contribution in [-0.4, -0.2) is 21.4 Å². The Hall–Kier alpha value is -3.47. The number of hydrogen-bond acceptors (Lipinski definition) is 3. The first-order chi connectivity index (χ1) is 18.3. The van der Waals surface area contributed by atoms with Gasteiger partial charge in [-0.1, -0.05) is 130 Å². The largest absolute Gasteiger partial charge is 0.469 e. The van der Waals surface area contributed by atoms with E-state index in [0.29, 0.717) is 19.4 Å². The van der Waals surface area contributed by atoms with E-state index in [1.165, 1.54) is 34.2 Å². The number of esters is 1. The van der Waals surface area contributed by atoms with Gasteiger partial charge in [-0.3, -0.25) is 4.79 Å². The fourth-order valence-corrected chi connectivity index (χ4v) is 9.81. The molecule has 38 heavy (non-hydrogen) atoms. The summed E-state index contributed by atoms with van der Waals surface area (Å²) < 4.78 is 12.0. The summed E-state index contributed by atoms with van der Waals surface area (Å²) in [6, 6.07) is 38.6. The second-order valence-corrected chi connectivity index (χ2v) is 15.1. The summed E-state index contributed by atoms with van der Waals surface area (Å²) in [6.45, 7) is 7.48. The van der Waals surface area contributed by atoms with Crippen molar-refractivity contribution in [2.24, 2.45) is 0 Å². The van der Waals surface area contributed by atoms with Crippen molar-refractivity contribution >= 4 is 24.7 Å². The fourth-order valence-electron chi connectivity index (χ4n) is 5.28. The van der Waals surface area contributed by atoms with Crippen LogP contribution in [0.25, 0.3) is 0 Å². The molecule has 3 nitrogen and oxygen atoms in total. The summed E-state index contributed by atoms with van der Waals surface area (Å²) in [5.41, 5.74) is 4.84. The molecule has 0 aliphatic heterocycles. The van der Waals surface area contributed by atoms with Crippen LogP contribution in [0.2, 0.25) is 5.04 Å². The van der Waals surface area contributed by atoms with Crippen LogP contribution in [0.15, 0.2) is 109 Å². The molecule has 0 aliphatic carbocycles. The van der Waals surface area contributed by atoms with Crippen LogP contribution >= 0.6 is 0 Å². The Labute approximate surface area is 228 Å². The molecule has 0 fully saturated rings. The van der Waals surface area contributed by atoms with Gasteiger partial charge in [0.25, 0.3) is 8.32 Å². The van der Waals surface area contributed by atoms with Gasteiger partial charge in [-0.2, -0.15) is 0 Å². The normalized spacial score (nSPS) is 11.8. The summed E-state index contributed by atoms with van der Waals surface area (Å²) in [6.07, 6.45) is 1.88. The molecule has 0 amide bonds. The van der Waals surface area contributed by atoms with E-state index in [-0.39, 0.29) is 11.0 Å². The number of aryl methyl sites for hydroxylation is 1. The van der Waals surface area contributed by atoms with Crippen LogP contribution in [-0.2, 0) is 33.4 Å². The number of hydrogen-bond donors (Lipinski definition) is 0. The zero-order valence-corrected chi connectivity index (χ0v) is 23.9. The minimum absolute atomic E-state index is 0.0708. The quantitative estimate of drug-likeness (QED) is 0.177. The van der Waals surface area contributed by atoms with Gasteiger partial charge in [0.15, 0.2) is 0 Å². The maximum absolute atomic E-state index is 11.6. The third kappa shape index (κ3) is 6.32. The summed E-state index contributed by atoms with van der Waals surface area (Å²) in [5.74, 6) is -0.179. The smallest absolute Gasteiger partial charge is 0.305 e. The SMILES string of the molecule is COC(=O)CCc1cccc(Cc2ccccc2CO[Si](c2ccccc2)(c2ccccc2)C(C)(C)C)c1. The van der Waals surface area contributed by atoms with Crippen molar-refractivity contribution < 1.29 is 14.0 Å². The van der Waals surface area contributed by atoms with E-state index >= 15 is 0 Å². The highest BCUT2D eigenvalue weighted by Crippen LogP contribution is 2.37. The molecule has 0 spiro atoms. The first-order valence-electron chi connectivity index (χ1n) is 13.3. The standard InChI is InChI=1S/C34H38O3Si/c1-34(2,3)38(31-18-7-5-8-19-31,32-20-9-6-10-21-32)37-26-30-17-12-11-16-29(30)25-28-15-13-14-27(24-28)22-23-33(35)36-4/h5-21,24H,22-23,25-26H2,1-4H3. The molecular weight excluding hydrogens is 484 g/mol. The lowest BCUT2D eigenvalue weighted by atomic mass is 9.98. The van der Waals surface area contributed by atoms with Gasteiger partial charge in [0.2, 0.25) is 0 Å². The lowest BCUT2D eigenvalue weighted by Gasteiger charge is -2.43. The van der Waals surface area contributed by atoms with Crippen LogP contribution < -0.4 is 10.4 Å². The van der Waals surface area contributed by atoms with Crippen molar-refractivity contribution in [3.05, 3.63) is 131 Å². The molecule has 0 bridgehead atoms. The zero-order valence-electron chi connectivity index (χ0n) is 22.9. The summed E-state index contributed by atoms with van der Waals surface area (Å²) in [5, 5.41) is 2.50. The molecule has 4 aromatic rings. The second kappa shape index (κ2) is 12.4. The monoisotopic (exact) mass is 522 g/mol. The van der Waals surface area contributed by atoms with Crippen LogP contribution in [0.1, 0.15) is 49.4 Å². The molecule has 196 valence electrons. The Morgan fingerprint density at radius 2 is 1.26 bits per heavy atom. The Morgan fingerprint density at radius 3 is 1.84 bits per heavy atom. The molecule has 0 saturated carbocycles. The summed E-state index contributed by atoms with van der Waals surface area (Å²) >= 11 is 0. The molecule has 0 radical (unpaired) electrons. The molecular formula is C34H38O3Si. The third-order valence-corrected chi connectivity index (χ3v) is 12.2. The third-order valence-electron chi connectivity index (χ3n) is 7.21. The Balaban J connectivity index is 1.64. The fraction of sp³-hybridized carbons (Fsp3) is 0.265. The van der Waals surface area contributed by atoms with Crippen LogP contribution in [0.5, 0.6) is 0 Å². The molecule has 0 saturated heterocycles. The van der Waals surface area contributed by atoms with Crippen molar-refractivity contribution in [3.63, 3.8) is 0 Å². The number of ether oxygens (including phenoxy) is 1. The number of carbonyl (C=O) groups excluding carboxylic acids is 1. The molecule has 0 heterocycles. The van der Waals surface area contributed by atoms with E-state index in [2.05, 4.69) is 130 Å². The number of carbonyl (C=O) groups is 1. The van der Waals surface area contributed by atoms with Gasteiger partial charge in [-0.15, -0.1) is 0 Å². The Morgan fingerprint density at radius 1 is 0.711 bits per heavy atom. The molecule has 4 rings (SSSR count). The number of rotatable bonds is 10. The average Bonchev–Trinajstić information content (AvgIpc) is 2.93. The van der Waals surface area contributed by atoms with E-state index in [4.69, 9.17) is 9.16 Å². The first-order valence-corrected chi connectivity index (χ1v) is 15.2. The van der Waals surface area contributed by atoms with E-state index in [0.717, 1.165) is 12.0 Å². The maximum Gasteiger partial charge on any atom is 0.305 e. The van der Waals surface area contributed by atoms with Crippen molar-refractivity contribution in [3.8, 4) is 0 Å². The second-order valence-electron chi connectivity index (χ2n) is 10.8. The van der Waals surface area contributed by atoms with Crippen LogP contribution in [0.4, 0.5) is 0 Å². The van der Waals surface area contributed by atoms with E-state index in [1.807, 2.05) is 0 Å². The Kier molecular flexibility index (Phi) is 8.98. The Bertz CT molecular complexity index is 1290. The molecule has 0 atom stereocenters. The minimum atomic E-state index is -2.62. The average molecular weight is 523 g/mol. The van der Waals surface area contributed by atoms with E-state index < -0.39 is 8.32 Å². The van der Waals surface area contributed by atoms with Gasteiger partial charge in [0.05, 0.1) is 13.7 Å². The lowest BCUT2D eigenvalue weighted by molar-refractivity contribution is -0.140. The molecule has 0 unspecified atom stereocenters. The molecule has 4 heteroatoms. The number of benzene rings is 4. The van der Waals surface area contributed by atoms with E-state index in [1.54, 1.807) is 0 Å². The molecule has 4 aromatic carbocycles. The van der Waals surface area contributed by atoms with E-state index in [9.17, 15) is 4.79 Å². The highest BCUT2D eigenvalue weighted by Gasteiger charge is 2.50. The van der Waals surface area contributed by atoms with Gasteiger partial charge >= 0.3 is 5.97 Å². The van der Waals surface area contributed by atoms with Crippen LogP contribution in [0.3, 0.4) is 0 Å². The van der Waals surface area contributed by atoms with Gasteiger partial charge in [0, 0.05) is 6.42 Å². The van der Waals surface area contributed by atoms with Crippen LogP contribution in [0, 0.1) is 0 Å². The topological polar surface area (TPSA) is 35.5 Å². The minimum Gasteiger partial charge on any atom is -0.469 e. The molecule has 0 aromatic heterocycles. The lowest BCUT2D eigenvalue weighted by Crippen LogP contribution is -2.66. The number of methoxy groups -OCH3 is 1. The van der Waals surface area contributed by atoms with Crippen molar-refractivity contribution in [2.75, 3.05) is 7.11 Å².